The van der Waals surface area contributed by atoms with Gasteiger partial charge >= 0.3 is 0 Å². The Morgan fingerprint density at radius 1 is 1.41 bits per heavy atom. The monoisotopic (exact) mass is 238 g/mol. The van der Waals surface area contributed by atoms with Gasteiger partial charge in [0.2, 0.25) is 0 Å². The summed E-state index contributed by atoms with van der Waals surface area (Å²) >= 11 is 0. The Balaban J connectivity index is 2.48. The number of hydrogen-bond acceptors (Lipinski definition) is 4. The molecule has 1 atom stereocenters. The fourth-order valence-corrected chi connectivity index (χ4v) is 1.60. The molecule has 94 valence electrons. The molecule has 1 unspecified atom stereocenters. The standard InChI is InChI=1S/C12H18N2O3/c1-2-10(7-8-15)9-13-11-3-5-12(6-4-11)14(16)17/h3-6,10,13,15H,2,7-9H2,1H3. The Morgan fingerprint density at radius 3 is 2.53 bits per heavy atom. The molecule has 0 saturated heterocycles. The smallest absolute Gasteiger partial charge is 0.269 e. The van der Waals surface area contributed by atoms with Gasteiger partial charge in [-0.3, -0.25) is 10.1 Å². The SMILES string of the molecule is CCC(CCO)CNc1ccc([N+](=O)[O-])cc1. The van der Waals surface area contributed by atoms with Crippen LogP contribution in [0.3, 0.4) is 0 Å². The van der Waals surface area contributed by atoms with Crippen LogP contribution < -0.4 is 5.32 Å². The molecule has 5 nitrogen and oxygen atoms in total. The molecule has 0 saturated carbocycles. The second-order valence-corrected chi connectivity index (χ2v) is 3.97. The first-order valence-corrected chi connectivity index (χ1v) is 5.76. The van der Waals surface area contributed by atoms with Crippen molar-refractivity contribution >= 4 is 11.4 Å². The van der Waals surface area contributed by atoms with Crippen LogP contribution in [0.2, 0.25) is 0 Å². The fraction of sp³-hybridized carbons (Fsp3) is 0.500. The van der Waals surface area contributed by atoms with E-state index in [-0.39, 0.29) is 12.3 Å². The van der Waals surface area contributed by atoms with E-state index in [1.54, 1.807) is 12.1 Å². The molecule has 0 bridgehead atoms. The van der Waals surface area contributed by atoms with Gasteiger partial charge in [0, 0.05) is 31.0 Å². The number of non-ortho nitro benzene ring substituents is 1. The first-order valence-electron chi connectivity index (χ1n) is 5.76. The van der Waals surface area contributed by atoms with Gasteiger partial charge in [-0.25, -0.2) is 0 Å². The highest BCUT2D eigenvalue weighted by Crippen LogP contribution is 2.16. The van der Waals surface area contributed by atoms with Gasteiger partial charge in [0.1, 0.15) is 0 Å². The van der Waals surface area contributed by atoms with Crippen LogP contribution in [0.1, 0.15) is 19.8 Å². The molecular formula is C12H18N2O3. The second-order valence-electron chi connectivity index (χ2n) is 3.97. The topological polar surface area (TPSA) is 75.4 Å². The van der Waals surface area contributed by atoms with E-state index in [1.165, 1.54) is 12.1 Å². The normalized spacial score (nSPS) is 12.1. The van der Waals surface area contributed by atoms with E-state index in [0.29, 0.717) is 5.92 Å². The Labute approximate surface area is 101 Å². The van der Waals surface area contributed by atoms with Gasteiger partial charge in [0.25, 0.3) is 5.69 Å². The molecule has 0 aliphatic carbocycles. The van der Waals surface area contributed by atoms with E-state index in [4.69, 9.17) is 5.11 Å². The van der Waals surface area contributed by atoms with Crippen molar-refractivity contribution in [2.75, 3.05) is 18.5 Å². The van der Waals surface area contributed by atoms with Crippen LogP contribution in [-0.2, 0) is 0 Å². The van der Waals surface area contributed by atoms with Gasteiger partial charge in [-0.2, -0.15) is 0 Å². The molecule has 2 N–H and O–H groups in total. The van der Waals surface area contributed by atoms with Crippen molar-refractivity contribution < 1.29 is 10.0 Å². The van der Waals surface area contributed by atoms with E-state index in [1.807, 2.05) is 0 Å². The van der Waals surface area contributed by atoms with Gasteiger partial charge in [-0.15, -0.1) is 0 Å². The van der Waals surface area contributed by atoms with Crippen molar-refractivity contribution in [3.63, 3.8) is 0 Å². The van der Waals surface area contributed by atoms with E-state index in [9.17, 15) is 10.1 Å². The van der Waals surface area contributed by atoms with Crippen molar-refractivity contribution in [3.05, 3.63) is 34.4 Å². The van der Waals surface area contributed by atoms with Gasteiger partial charge in [-0.05, 0) is 24.5 Å². The highest BCUT2D eigenvalue weighted by Gasteiger charge is 2.06. The summed E-state index contributed by atoms with van der Waals surface area (Å²) in [7, 11) is 0. The largest absolute Gasteiger partial charge is 0.396 e. The number of nitro groups is 1. The number of anilines is 1. The summed E-state index contributed by atoms with van der Waals surface area (Å²) in [6, 6.07) is 6.36. The number of nitro benzene ring substituents is 1. The third-order valence-corrected chi connectivity index (χ3v) is 2.79. The Kier molecular flexibility index (Phi) is 5.42. The Hall–Kier alpha value is -1.62. The van der Waals surface area contributed by atoms with Gasteiger partial charge in [-0.1, -0.05) is 13.3 Å². The van der Waals surface area contributed by atoms with Crippen LogP contribution in [0, 0.1) is 16.0 Å². The number of aliphatic hydroxyl groups excluding tert-OH is 1. The number of benzene rings is 1. The summed E-state index contributed by atoms with van der Waals surface area (Å²) in [6.07, 6.45) is 1.77. The van der Waals surface area contributed by atoms with Crippen molar-refractivity contribution in [2.45, 2.75) is 19.8 Å². The van der Waals surface area contributed by atoms with E-state index in [2.05, 4.69) is 12.2 Å². The summed E-state index contributed by atoms with van der Waals surface area (Å²) in [5.41, 5.74) is 0.963. The van der Waals surface area contributed by atoms with Crippen LogP contribution in [0.25, 0.3) is 0 Å². The third-order valence-electron chi connectivity index (χ3n) is 2.79. The molecule has 0 heterocycles. The molecule has 0 amide bonds. The van der Waals surface area contributed by atoms with Crippen LogP contribution in [0.15, 0.2) is 24.3 Å². The number of rotatable bonds is 7. The number of nitrogens with one attached hydrogen (secondary N) is 1. The fourth-order valence-electron chi connectivity index (χ4n) is 1.60. The van der Waals surface area contributed by atoms with Crippen LogP contribution >= 0.6 is 0 Å². The highest BCUT2D eigenvalue weighted by molar-refractivity contribution is 5.48. The molecule has 1 rings (SSSR count). The lowest BCUT2D eigenvalue weighted by atomic mass is 10.0. The highest BCUT2D eigenvalue weighted by atomic mass is 16.6. The zero-order chi connectivity index (χ0) is 12.7. The minimum Gasteiger partial charge on any atom is -0.396 e. The zero-order valence-corrected chi connectivity index (χ0v) is 9.93. The average Bonchev–Trinajstić information content (AvgIpc) is 2.35. The first kappa shape index (κ1) is 13.4. The molecule has 0 aliphatic heterocycles. The predicted molar refractivity (Wildman–Crippen MR) is 67.1 cm³/mol. The van der Waals surface area contributed by atoms with Gasteiger partial charge in [0.15, 0.2) is 0 Å². The van der Waals surface area contributed by atoms with Crippen LogP contribution in [0.4, 0.5) is 11.4 Å². The quantitative estimate of drug-likeness (QED) is 0.565. The molecule has 0 aromatic heterocycles. The predicted octanol–water partition coefficient (Wildman–Crippen LogP) is 2.42. The molecule has 1 aromatic carbocycles. The second kappa shape index (κ2) is 6.85. The maximum Gasteiger partial charge on any atom is 0.269 e. The average molecular weight is 238 g/mol. The molecule has 0 fully saturated rings. The van der Waals surface area contributed by atoms with E-state index < -0.39 is 4.92 Å². The van der Waals surface area contributed by atoms with Crippen molar-refractivity contribution in [1.29, 1.82) is 0 Å². The molecule has 5 heteroatoms. The minimum atomic E-state index is -0.412. The zero-order valence-electron chi connectivity index (χ0n) is 9.93. The van der Waals surface area contributed by atoms with Crippen molar-refractivity contribution in [1.82, 2.24) is 0 Å². The third kappa shape index (κ3) is 4.40. The molecule has 1 aromatic rings. The Morgan fingerprint density at radius 2 is 2.06 bits per heavy atom. The lowest BCUT2D eigenvalue weighted by molar-refractivity contribution is -0.384. The maximum atomic E-state index is 10.5. The summed E-state index contributed by atoms with van der Waals surface area (Å²) in [5, 5.41) is 22.5. The van der Waals surface area contributed by atoms with Crippen molar-refractivity contribution in [2.24, 2.45) is 5.92 Å². The molecule has 0 spiro atoms. The van der Waals surface area contributed by atoms with Gasteiger partial charge in [0.05, 0.1) is 4.92 Å². The number of aliphatic hydroxyl groups is 1. The molecule has 0 radical (unpaired) electrons. The molecule has 17 heavy (non-hydrogen) atoms. The summed E-state index contributed by atoms with van der Waals surface area (Å²) in [5.74, 6) is 0.426. The van der Waals surface area contributed by atoms with Crippen molar-refractivity contribution in [3.8, 4) is 0 Å². The van der Waals surface area contributed by atoms with Gasteiger partial charge < -0.3 is 10.4 Å². The van der Waals surface area contributed by atoms with E-state index in [0.717, 1.165) is 25.1 Å². The molecular weight excluding hydrogens is 220 g/mol. The minimum absolute atomic E-state index is 0.0953. The number of hydrogen-bond donors (Lipinski definition) is 2. The van der Waals surface area contributed by atoms with Crippen LogP contribution in [-0.4, -0.2) is 23.2 Å². The van der Waals surface area contributed by atoms with E-state index >= 15 is 0 Å². The lowest BCUT2D eigenvalue weighted by Gasteiger charge is -2.15. The lowest BCUT2D eigenvalue weighted by Crippen LogP contribution is -2.14. The Bertz CT molecular complexity index is 351. The van der Waals surface area contributed by atoms with Crippen LogP contribution in [0.5, 0.6) is 0 Å². The first-order chi connectivity index (χ1) is 8.17. The summed E-state index contributed by atoms with van der Waals surface area (Å²) in [4.78, 5) is 10.1. The summed E-state index contributed by atoms with van der Waals surface area (Å²) < 4.78 is 0. The molecule has 0 aliphatic rings. The summed E-state index contributed by atoms with van der Waals surface area (Å²) in [6.45, 7) is 3.05. The maximum absolute atomic E-state index is 10.5. The number of nitrogens with zero attached hydrogens (tertiary/aromatic N) is 1.